The van der Waals surface area contributed by atoms with Crippen LogP contribution in [0.4, 0.5) is 0 Å². The molecule has 0 heterocycles. The molecule has 6 unspecified atom stereocenters. The van der Waals surface area contributed by atoms with E-state index in [-0.39, 0.29) is 18.0 Å². The van der Waals surface area contributed by atoms with E-state index in [1.54, 1.807) is 0 Å². The van der Waals surface area contributed by atoms with Gasteiger partial charge in [-0.1, -0.05) is 19.9 Å². The molecule has 0 bridgehead atoms. The van der Waals surface area contributed by atoms with Gasteiger partial charge >= 0.3 is 0 Å². The first kappa shape index (κ1) is 11.3. The second kappa shape index (κ2) is 4.18. The van der Waals surface area contributed by atoms with Crippen molar-refractivity contribution in [1.29, 1.82) is 0 Å². The van der Waals surface area contributed by atoms with Gasteiger partial charge in [0.1, 0.15) is 5.92 Å². The number of hydrogen-bond acceptors (Lipinski definition) is 2. The van der Waals surface area contributed by atoms with Crippen LogP contribution in [0.3, 0.4) is 0 Å². The highest BCUT2D eigenvalue weighted by Gasteiger charge is 2.45. The minimum atomic E-state index is 0.156. The van der Waals surface area contributed by atoms with E-state index < -0.39 is 0 Å². The summed E-state index contributed by atoms with van der Waals surface area (Å²) in [4.78, 5) is 4.18. The maximum atomic E-state index is 6.16. The number of rotatable bonds is 2. The Balaban J connectivity index is 2.93. The molecule has 0 aromatic rings. The van der Waals surface area contributed by atoms with Crippen molar-refractivity contribution in [2.75, 3.05) is 0 Å². The van der Waals surface area contributed by atoms with Gasteiger partial charge in [0.15, 0.2) is 0 Å². The van der Waals surface area contributed by atoms with Gasteiger partial charge in [-0.3, -0.25) is 4.99 Å². The zero-order chi connectivity index (χ0) is 10.9. The topological polar surface area (TPSA) is 38.4 Å². The minimum Gasteiger partial charge on any atom is -0.327 e. The van der Waals surface area contributed by atoms with Gasteiger partial charge in [0.2, 0.25) is 0 Å². The van der Waals surface area contributed by atoms with Gasteiger partial charge in [0, 0.05) is 12.0 Å². The van der Waals surface area contributed by atoms with Crippen LogP contribution >= 0.6 is 0 Å². The standard InChI is InChI=1S/C12H21N2/c1-6-10-9(4)12(14-5)8(3)7(2)11(10)13/h6-12H,1,3,5,13H2,2,4H3/q+1. The van der Waals surface area contributed by atoms with Gasteiger partial charge in [-0.15, -0.1) is 6.58 Å². The van der Waals surface area contributed by atoms with Crippen LogP contribution < -0.4 is 5.73 Å². The normalized spacial score (nSPS) is 48.5. The molecular weight excluding hydrogens is 172 g/mol. The minimum absolute atomic E-state index is 0.156. The zero-order valence-corrected chi connectivity index (χ0v) is 9.19. The van der Waals surface area contributed by atoms with Crippen molar-refractivity contribution in [2.45, 2.75) is 25.9 Å². The fourth-order valence-corrected chi connectivity index (χ4v) is 2.59. The highest BCUT2D eigenvalue weighted by atomic mass is 14.8. The molecule has 2 heteroatoms. The maximum absolute atomic E-state index is 6.16. The zero-order valence-electron chi connectivity index (χ0n) is 9.19. The summed E-state index contributed by atoms with van der Waals surface area (Å²) in [6.45, 7) is 16.0. The molecule has 2 N–H and O–H groups in total. The smallest absolute Gasteiger partial charge is 0.122 e. The summed E-state index contributed by atoms with van der Waals surface area (Å²) >= 11 is 0. The predicted octanol–water partition coefficient (Wildman–Crippen LogP) is 1.92. The van der Waals surface area contributed by atoms with E-state index in [1.807, 2.05) is 6.08 Å². The van der Waals surface area contributed by atoms with Gasteiger partial charge in [-0.05, 0) is 18.6 Å². The average molecular weight is 193 g/mol. The van der Waals surface area contributed by atoms with Crippen molar-refractivity contribution < 1.29 is 0 Å². The summed E-state index contributed by atoms with van der Waals surface area (Å²) < 4.78 is 0. The SMILES string of the molecule is C=CC1C(C)C(N=C)C([CH2+])C(C)C1N. The molecule has 0 aromatic carbocycles. The Labute approximate surface area is 87.3 Å². The van der Waals surface area contributed by atoms with E-state index in [9.17, 15) is 0 Å². The first-order valence-corrected chi connectivity index (χ1v) is 5.21. The summed E-state index contributed by atoms with van der Waals surface area (Å²) in [6, 6.07) is 0.371. The molecule has 2 nitrogen and oxygen atoms in total. The van der Waals surface area contributed by atoms with E-state index in [2.05, 4.69) is 39.1 Å². The van der Waals surface area contributed by atoms with Gasteiger partial charge in [0.05, 0.1) is 13.0 Å². The Hall–Kier alpha value is -0.760. The second-order valence-corrected chi connectivity index (χ2v) is 4.45. The van der Waals surface area contributed by atoms with Crippen molar-refractivity contribution in [3.05, 3.63) is 19.6 Å². The molecule has 78 valence electrons. The van der Waals surface area contributed by atoms with Crippen LogP contribution in [0, 0.1) is 30.6 Å². The predicted molar refractivity (Wildman–Crippen MR) is 62.2 cm³/mol. The second-order valence-electron chi connectivity index (χ2n) is 4.45. The Morgan fingerprint density at radius 2 is 1.93 bits per heavy atom. The number of nitrogens with zero attached hydrogens (tertiary/aromatic N) is 1. The van der Waals surface area contributed by atoms with Gasteiger partial charge in [-0.25, -0.2) is 0 Å². The van der Waals surface area contributed by atoms with E-state index in [0.717, 1.165) is 0 Å². The van der Waals surface area contributed by atoms with Crippen LogP contribution in [-0.2, 0) is 0 Å². The highest BCUT2D eigenvalue weighted by Crippen LogP contribution is 2.38. The van der Waals surface area contributed by atoms with Crippen molar-refractivity contribution in [3.63, 3.8) is 0 Å². The molecule has 0 aromatic heterocycles. The molecule has 0 radical (unpaired) electrons. The highest BCUT2D eigenvalue weighted by molar-refractivity contribution is 5.25. The molecule has 6 atom stereocenters. The van der Waals surface area contributed by atoms with Crippen molar-refractivity contribution in [2.24, 2.45) is 34.4 Å². The Morgan fingerprint density at radius 1 is 1.36 bits per heavy atom. The molecule has 0 amide bonds. The fraction of sp³-hybridized carbons (Fsp3) is 0.667. The Morgan fingerprint density at radius 3 is 2.36 bits per heavy atom. The summed E-state index contributed by atoms with van der Waals surface area (Å²) in [6.07, 6.45) is 1.95. The van der Waals surface area contributed by atoms with Crippen LogP contribution in [0.5, 0.6) is 0 Å². The van der Waals surface area contributed by atoms with E-state index >= 15 is 0 Å². The van der Waals surface area contributed by atoms with Crippen molar-refractivity contribution in [1.82, 2.24) is 0 Å². The van der Waals surface area contributed by atoms with Crippen LogP contribution in [0.2, 0.25) is 0 Å². The third-order valence-electron chi connectivity index (χ3n) is 3.79. The largest absolute Gasteiger partial charge is 0.327 e. The molecule has 0 saturated heterocycles. The third kappa shape index (κ3) is 1.59. The summed E-state index contributed by atoms with van der Waals surface area (Å²) in [5, 5.41) is 0. The monoisotopic (exact) mass is 193 g/mol. The lowest BCUT2D eigenvalue weighted by atomic mass is 9.64. The van der Waals surface area contributed by atoms with E-state index in [4.69, 9.17) is 5.73 Å². The van der Waals surface area contributed by atoms with Crippen LogP contribution in [0.1, 0.15) is 13.8 Å². The number of hydrogen-bond donors (Lipinski definition) is 1. The molecule has 1 fully saturated rings. The van der Waals surface area contributed by atoms with Crippen molar-refractivity contribution in [3.8, 4) is 0 Å². The third-order valence-corrected chi connectivity index (χ3v) is 3.79. The molecule has 14 heavy (non-hydrogen) atoms. The summed E-state index contributed by atoms with van der Waals surface area (Å²) in [5.41, 5.74) is 6.16. The molecule has 0 spiro atoms. The Kier molecular flexibility index (Phi) is 3.38. The summed E-state index contributed by atoms with van der Waals surface area (Å²) in [5.74, 6) is 1.38. The molecule has 1 aliphatic rings. The maximum Gasteiger partial charge on any atom is 0.122 e. The molecule has 1 aliphatic carbocycles. The molecule has 1 rings (SSSR count). The van der Waals surface area contributed by atoms with E-state index in [1.165, 1.54) is 0 Å². The Bertz CT molecular complexity index is 202. The van der Waals surface area contributed by atoms with Gasteiger partial charge in [-0.2, -0.15) is 0 Å². The van der Waals surface area contributed by atoms with Crippen LogP contribution in [0.15, 0.2) is 17.6 Å². The lowest BCUT2D eigenvalue weighted by molar-refractivity contribution is 0.131. The first-order chi connectivity index (χ1) is 6.54. The van der Waals surface area contributed by atoms with Crippen LogP contribution in [-0.4, -0.2) is 18.8 Å². The van der Waals surface area contributed by atoms with Crippen LogP contribution in [0.25, 0.3) is 0 Å². The lowest BCUT2D eigenvalue weighted by Gasteiger charge is -2.42. The number of aliphatic imine (C=N–C) groups is 1. The quantitative estimate of drug-likeness (QED) is 0.406. The molecule has 0 aliphatic heterocycles. The van der Waals surface area contributed by atoms with E-state index in [0.29, 0.717) is 17.8 Å². The lowest BCUT2D eigenvalue weighted by Crippen LogP contribution is -2.52. The van der Waals surface area contributed by atoms with Gasteiger partial charge < -0.3 is 5.73 Å². The molecular formula is C12H21N2+. The first-order valence-electron chi connectivity index (χ1n) is 5.21. The van der Waals surface area contributed by atoms with Crippen molar-refractivity contribution >= 4 is 6.72 Å². The number of nitrogens with two attached hydrogens (primary N) is 1. The molecule has 1 saturated carbocycles. The fourth-order valence-electron chi connectivity index (χ4n) is 2.59. The average Bonchev–Trinajstić information content (AvgIpc) is 2.16. The summed E-state index contributed by atoms with van der Waals surface area (Å²) in [7, 11) is 0. The van der Waals surface area contributed by atoms with Gasteiger partial charge in [0.25, 0.3) is 0 Å².